The number of benzene rings is 1. The van der Waals surface area contributed by atoms with Crippen LogP contribution in [0.3, 0.4) is 0 Å². The first-order valence-corrected chi connectivity index (χ1v) is 5.67. The van der Waals surface area contributed by atoms with Crippen molar-refractivity contribution in [1.29, 1.82) is 0 Å². The first-order valence-electron chi connectivity index (χ1n) is 5.67. The molecule has 92 valence electrons. The summed E-state index contributed by atoms with van der Waals surface area (Å²) in [6.07, 6.45) is 0.803. The highest BCUT2D eigenvalue weighted by molar-refractivity contribution is 5.77. The Hall–Kier alpha value is -1.84. The Morgan fingerprint density at radius 3 is 2.47 bits per heavy atom. The zero-order valence-corrected chi connectivity index (χ0v) is 9.85. The van der Waals surface area contributed by atoms with E-state index in [-0.39, 0.29) is 12.5 Å². The van der Waals surface area contributed by atoms with Gasteiger partial charge < -0.3 is 10.4 Å². The Bertz CT molecular complexity index is 376. The quantitative estimate of drug-likeness (QED) is 0.784. The summed E-state index contributed by atoms with van der Waals surface area (Å²) in [6.45, 7) is 1.92. The highest BCUT2D eigenvalue weighted by atomic mass is 16.4. The van der Waals surface area contributed by atoms with Crippen LogP contribution in [0, 0.1) is 5.92 Å². The summed E-state index contributed by atoms with van der Waals surface area (Å²) in [5, 5.41) is 11.7. The average Bonchev–Trinajstić information content (AvgIpc) is 2.34. The second-order valence-corrected chi connectivity index (χ2v) is 3.88. The number of hydrogen-bond donors (Lipinski definition) is 2. The van der Waals surface area contributed by atoms with E-state index < -0.39 is 11.9 Å². The molecule has 0 spiro atoms. The van der Waals surface area contributed by atoms with Crippen LogP contribution in [0.5, 0.6) is 0 Å². The fourth-order valence-electron chi connectivity index (χ4n) is 1.51. The average molecular weight is 235 g/mol. The minimum Gasteiger partial charge on any atom is -0.481 e. The van der Waals surface area contributed by atoms with Crippen LogP contribution in [0.2, 0.25) is 0 Å². The Morgan fingerprint density at radius 2 is 1.94 bits per heavy atom. The third kappa shape index (κ3) is 4.68. The summed E-state index contributed by atoms with van der Waals surface area (Å²) in [6, 6.07) is 9.41. The highest BCUT2D eigenvalue weighted by Crippen LogP contribution is 2.08. The minimum atomic E-state index is -0.884. The molecule has 0 aliphatic heterocycles. The SMILES string of the molecule is CCC(=O)NCC(Cc1ccccc1)C(=O)O. The zero-order valence-electron chi connectivity index (χ0n) is 9.85. The third-order valence-electron chi connectivity index (χ3n) is 2.54. The van der Waals surface area contributed by atoms with Crippen molar-refractivity contribution in [3.8, 4) is 0 Å². The fraction of sp³-hybridized carbons (Fsp3) is 0.385. The molecule has 0 radical (unpaired) electrons. The molecule has 0 bridgehead atoms. The minimum absolute atomic E-state index is 0.121. The van der Waals surface area contributed by atoms with Crippen molar-refractivity contribution in [1.82, 2.24) is 5.32 Å². The van der Waals surface area contributed by atoms with E-state index in [0.717, 1.165) is 5.56 Å². The van der Waals surface area contributed by atoms with Gasteiger partial charge in [0.15, 0.2) is 0 Å². The predicted octanol–water partition coefficient (Wildman–Crippen LogP) is 1.46. The summed E-state index contributed by atoms with van der Waals surface area (Å²) >= 11 is 0. The molecule has 1 amide bonds. The van der Waals surface area contributed by atoms with Gasteiger partial charge in [0.2, 0.25) is 5.91 Å². The molecule has 0 saturated carbocycles. The van der Waals surface area contributed by atoms with Crippen LogP contribution in [0.15, 0.2) is 30.3 Å². The molecule has 1 rings (SSSR count). The van der Waals surface area contributed by atoms with E-state index >= 15 is 0 Å². The number of nitrogens with one attached hydrogen (secondary N) is 1. The molecular weight excluding hydrogens is 218 g/mol. The van der Waals surface area contributed by atoms with E-state index in [0.29, 0.717) is 12.8 Å². The van der Waals surface area contributed by atoms with Crippen LogP contribution in [0.4, 0.5) is 0 Å². The van der Waals surface area contributed by atoms with E-state index in [1.807, 2.05) is 30.3 Å². The van der Waals surface area contributed by atoms with Crippen LogP contribution in [0.25, 0.3) is 0 Å². The number of hydrogen-bond acceptors (Lipinski definition) is 2. The normalized spacial score (nSPS) is 11.8. The molecule has 0 aliphatic rings. The summed E-state index contributed by atoms with van der Waals surface area (Å²) in [5.41, 5.74) is 0.964. The Balaban J connectivity index is 2.55. The molecule has 1 unspecified atom stereocenters. The first kappa shape index (κ1) is 13.2. The van der Waals surface area contributed by atoms with E-state index in [1.165, 1.54) is 0 Å². The number of rotatable bonds is 6. The van der Waals surface area contributed by atoms with Crippen LogP contribution in [-0.4, -0.2) is 23.5 Å². The molecule has 4 nitrogen and oxygen atoms in total. The van der Waals surface area contributed by atoms with Gasteiger partial charge in [-0.15, -0.1) is 0 Å². The first-order chi connectivity index (χ1) is 8.13. The molecule has 1 atom stereocenters. The van der Waals surface area contributed by atoms with E-state index in [9.17, 15) is 9.59 Å². The Morgan fingerprint density at radius 1 is 1.29 bits per heavy atom. The maximum atomic E-state index is 11.1. The maximum absolute atomic E-state index is 11.1. The van der Waals surface area contributed by atoms with Crippen molar-refractivity contribution >= 4 is 11.9 Å². The molecule has 4 heteroatoms. The molecule has 2 N–H and O–H groups in total. The lowest BCUT2D eigenvalue weighted by atomic mass is 9.99. The van der Waals surface area contributed by atoms with Gasteiger partial charge in [0.05, 0.1) is 5.92 Å². The monoisotopic (exact) mass is 235 g/mol. The molecule has 0 aromatic heterocycles. The second kappa shape index (κ2) is 6.68. The number of amides is 1. The molecular formula is C13H17NO3. The Labute approximate surface area is 101 Å². The van der Waals surface area contributed by atoms with Crippen molar-refractivity contribution in [2.24, 2.45) is 5.92 Å². The lowest BCUT2D eigenvalue weighted by Crippen LogP contribution is -2.33. The van der Waals surface area contributed by atoms with Crippen LogP contribution in [-0.2, 0) is 16.0 Å². The lowest BCUT2D eigenvalue weighted by Gasteiger charge is -2.13. The highest BCUT2D eigenvalue weighted by Gasteiger charge is 2.18. The van der Waals surface area contributed by atoms with Crippen LogP contribution < -0.4 is 5.32 Å². The van der Waals surface area contributed by atoms with Crippen molar-refractivity contribution in [3.63, 3.8) is 0 Å². The second-order valence-electron chi connectivity index (χ2n) is 3.88. The Kier molecular flexibility index (Phi) is 5.20. The fourth-order valence-corrected chi connectivity index (χ4v) is 1.51. The standard InChI is InChI=1S/C13H17NO3/c1-2-12(15)14-9-11(13(16)17)8-10-6-4-3-5-7-10/h3-7,11H,2,8-9H2,1H3,(H,14,15)(H,16,17). The molecule has 0 heterocycles. The van der Waals surface area contributed by atoms with Crippen molar-refractivity contribution in [2.45, 2.75) is 19.8 Å². The summed E-state index contributed by atoms with van der Waals surface area (Å²) in [4.78, 5) is 22.1. The third-order valence-corrected chi connectivity index (χ3v) is 2.54. The van der Waals surface area contributed by atoms with Gasteiger partial charge in [-0.2, -0.15) is 0 Å². The van der Waals surface area contributed by atoms with E-state index in [2.05, 4.69) is 5.32 Å². The molecule has 17 heavy (non-hydrogen) atoms. The molecule has 1 aromatic rings. The van der Waals surface area contributed by atoms with E-state index in [4.69, 9.17) is 5.11 Å². The number of aliphatic carboxylic acids is 1. The van der Waals surface area contributed by atoms with Gasteiger partial charge in [0.1, 0.15) is 0 Å². The molecule has 0 fully saturated rings. The van der Waals surface area contributed by atoms with Gasteiger partial charge in [0.25, 0.3) is 0 Å². The molecule has 0 aliphatic carbocycles. The van der Waals surface area contributed by atoms with Gasteiger partial charge in [-0.1, -0.05) is 37.3 Å². The molecule has 0 saturated heterocycles. The lowest BCUT2D eigenvalue weighted by molar-refractivity contribution is -0.141. The van der Waals surface area contributed by atoms with Gasteiger partial charge >= 0.3 is 5.97 Å². The van der Waals surface area contributed by atoms with Gasteiger partial charge in [-0.3, -0.25) is 9.59 Å². The summed E-state index contributed by atoms with van der Waals surface area (Å²) in [7, 11) is 0. The zero-order chi connectivity index (χ0) is 12.7. The smallest absolute Gasteiger partial charge is 0.308 e. The van der Waals surface area contributed by atoms with Crippen LogP contribution in [0.1, 0.15) is 18.9 Å². The topological polar surface area (TPSA) is 66.4 Å². The maximum Gasteiger partial charge on any atom is 0.308 e. The number of carboxylic acid groups (broad SMARTS) is 1. The van der Waals surface area contributed by atoms with Gasteiger partial charge in [-0.05, 0) is 12.0 Å². The predicted molar refractivity (Wildman–Crippen MR) is 64.6 cm³/mol. The van der Waals surface area contributed by atoms with Crippen molar-refractivity contribution in [3.05, 3.63) is 35.9 Å². The number of carbonyl (C=O) groups excluding carboxylic acids is 1. The van der Waals surface area contributed by atoms with Crippen molar-refractivity contribution in [2.75, 3.05) is 6.54 Å². The molecule has 1 aromatic carbocycles. The van der Waals surface area contributed by atoms with Crippen molar-refractivity contribution < 1.29 is 14.7 Å². The largest absolute Gasteiger partial charge is 0.481 e. The summed E-state index contributed by atoms with van der Waals surface area (Å²) < 4.78 is 0. The van der Waals surface area contributed by atoms with Crippen LogP contribution >= 0.6 is 0 Å². The summed E-state index contributed by atoms with van der Waals surface area (Å²) in [5.74, 6) is -1.58. The number of carboxylic acids is 1. The van der Waals surface area contributed by atoms with Gasteiger partial charge in [0, 0.05) is 13.0 Å². The number of carbonyl (C=O) groups is 2. The van der Waals surface area contributed by atoms with Gasteiger partial charge in [-0.25, -0.2) is 0 Å². The van der Waals surface area contributed by atoms with E-state index in [1.54, 1.807) is 6.92 Å².